The number of pyridine rings is 1. The summed E-state index contributed by atoms with van der Waals surface area (Å²) in [7, 11) is 0. The number of aryl methyl sites for hydroxylation is 1. The zero-order chi connectivity index (χ0) is 16.7. The highest BCUT2D eigenvalue weighted by atomic mass is 35.5. The largest absolute Gasteiger partial charge is 0.491 e. The Kier molecular flexibility index (Phi) is 10.8. The summed E-state index contributed by atoms with van der Waals surface area (Å²) in [4.78, 5) is 16.2. The van der Waals surface area contributed by atoms with Crippen molar-refractivity contribution < 1.29 is 14.3 Å². The van der Waals surface area contributed by atoms with Crippen LogP contribution in [0.15, 0.2) is 42.6 Å². The second-order valence-corrected chi connectivity index (χ2v) is 5.25. The maximum atomic E-state index is 12.0. The highest BCUT2D eigenvalue weighted by molar-refractivity contribution is 5.93. The number of benzene rings is 1. The number of carbonyl (C=O) groups excluding carboxylic acids is 1. The van der Waals surface area contributed by atoms with E-state index >= 15 is 0 Å². The number of aromatic nitrogens is 1. The average molecular weight is 387 g/mol. The lowest BCUT2D eigenvalue weighted by Gasteiger charge is -2.16. The summed E-state index contributed by atoms with van der Waals surface area (Å²) in [6.45, 7) is 4.13. The number of hydrogen-bond donors (Lipinski definition) is 1. The van der Waals surface area contributed by atoms with Crippen molar-refractivity contribution in [2.45, 2.75) is 26.3 Å². The molecule has 1 atom stereocenters. The molecule has 25 heavy (non-hydrogen) atoms. The summed E-state index contributed by atoms with van der Waals surface area (Å²) in [5, 5.41) is 0. The van der Waals surface area contributed by atoms with Gasteiger partial charge in [0.1, 0.15) is 17.9 Å². The third-order valence-corrected chi connectivity index (χ3v) is 3.38. The van der Waals surface area contributed by atoms with Crippen LogP contribution in [0.25, 0.3) is 0 Å². The predicted molar refractivity (Wildman–Crippen MR) is 103 cm³/mol. The first kappa shape index (κ1) is 23.2. The number of esters is 1. The maximum absolute atomic E-state index is 12.0. The number of nitrogens with zero attached hydrogens (tertiary/aromatic N) is 1. The van der Waals surface area contributed by atoms with E-state index in [0.29, 0.717) is 36.6 Å². The van der Waals surface area contributed by atoms with Crippen LogP contribution in [0.3, 0.4) is 0 Å². The van der Waals surface area contributed by atoms with E-state index < -0.39 is 5.97 Å². The Hall–Kier alpha value is -1.82. The molecule has 2 N–H and O–H groups in total. The fraction of sp³-hybridized carbons (Fsp3) is 0.333. The van der Waals surface area contributed by atoms with Crippen LogP contribution in [0.2, 0.25) is 0 Å². The van der Waals surface area contributed by atoms with Crippen LogP contribution in [0.1, 0.15) is 28.5 Å². The highest BCUT2D eigenvalue weighted by Gasteiger charge is 2.18. The Bertz CT molecular complexity index is 654. The maximum Gasteiger partial charge on any atom is 0.343 e. The molecule has 2 aromatic rings. The van der Waals surface area contributed by atoms with Gasteiger partial charge in [0.15, 0.2) is 0 Å². The fourth-order valence-electron chi connectivity index (χ4n) is 2.29. The van der Waals surface area contributed by atoms with Crippen LogP contribution >= 0.6 is 24.8 Å². The van der Waals surface area contributed by atoms with Gasteiger partial charge in [0, 0.05) is 12.2 Å². The molecule has 0 aliphatic rings. The summed E-state index contributed by atoms with van der Waals surface area (Å²) in [6, 6.07) is 11.5. The molecule has 0 radical (unpaired) electrons. The first-order valence-corrected chi connectivity index (χ1v) is 7.66. The van der Waals surface area contributed by atoms with E-state index in [9.17, 15) is 4.79 Å². The van der Waals surface area contributed by atoms with Gasteiger partial charge in [-0.05, 0) is 31.9 Å². The summed E-state index contributed by atoms with van der Waals surface area (Å²) >= 11 is 0. The van der Waals surface area contributed by atoms with Crippen molar-refractivity contribution in [2.24, 2.45) is 5.73 Å². The first-order chi connectivity index (χ1) is 11.1. The number of ether oxygens (including phenoxy) is 2. The molecule has 0 aliphatic carbocycles. The first-order valence-electron chi connectivity index (χ1n) is 7.66. The molecule has 7 heteroatoms. The normalized spacial score (nSPS) is 10.8. The van der Waals surface area contributed by atoms with Gasteiger partial charge in [-0.3, -0.25) is 4.98 Å². The van der Waals surface area contributed by atoms with Crippen LogP contribution in [-0.4, -0.2) is 30.2 Å². The van der Waals surface area contributed by atoms with E-state index in [1.807, 2.05) is 30.3 Å². The van der Waals surface area contributed by atoms with Crippen LogP contribution in [0, 0.1) is 6.92 Å². The number of hydrogen-bond acceptors (Lipinski definition) is 5. The lowest BCUT2D eigenvalue weighted by molar-refractivity contribution is 0.0519. The molecule has 1 aromatic heterocycles. The quantitative estimate of drug-likeness (QED) is 0.738. The van der Waals surface area contributed by atoms with Gasteiger partial charge in [-0.15, -0.1) is 24.8 Å². The zero-order valence-electron chi connectivity index (χ0n) is 14.3. The number of halogens is 2. The summed E-state index contributed by atoms with van der Waals surface area (Å²) < 4.78 is 10.8. The molecule has 0 bridgehead atoms. The standard InChI is InChI=1S/C18H22N2O3.2ClH/c1-3-22-18(21)17-13(2)20-10-9-16(17)23-12-15(19)11-14-7-5-4-6-8-14;;/h4-10,15H,3,11-12,19H2,1-2H3;2*1H/t15-;;/m1../s1. The Morgan fingerprint density at radius 1 is 1.20 bits per heavy atom. The van der Waals surface area contributed by atoms with Crippen molar-refractivity contribution in [2.75, 3.05) is 13.2 Å². The lowest BCUT2D eigenvalue weighted by atomic mass is 10.1. The molecule has 0 amide bonds. The van der Waals surface area contributed by atoms with Gasteiger partial charge in [0.05, 0.1) is 12.3 Å². The van der Waals surface area contributed by atoms with Gasteiger partial charge >= 0.3 is 5.97 Å². The Morgan fingerprint density at radius 3 is 2.52 bits per heavy atom. The monoisotopic (exact) mass is 386 g/mol. The molecule has 2 rings (SSSR count). The Morgan fingerprint density at radius 2 is 1.88 bits per heavy atom. The van der Waals surface area contributed by atoms with Crippen LogP contribution < -0.4 is 10.5 Å². The average Bonchev–Trinajstić information content (AvgIpc) is 2.54. The molecular weight excluding hydrogens is 363 g/mol. The van der Waals surface area contributed by atoms with Gasteiger partial charge in [-0.25, -0.2) is 4.79 Å². The molecular formula is C18H24Cl2N2O3. The van der Waals surface area contributed by atoms with Crippen LogP contribution in [-0.2, 0) is 11.2 Å². The van der Waals surface area contributed by atoms with Crippen LogP contribution in [0.4, 0.5) is 0 Å². The summed E-state index contributed by atoms with van der Waals surface area (Å²) in [5.74, 6) is 0.0317. The Labute approximate surface area is 160 Å². The molecule has 0 fully saturated rings. The second kappa shape index (κ2) is 11.7. The topological polar surface area (TPSA) is 74.4 Å². The van der Waals surface area contributed by atoms with Crippen molar-refractivity contribution in [3.63, 3.8) is 0 Å². The minimum Gasteiger partial charge on any atom is -0.491 e. The molecule has 0 spiro atoms. The van der Waals surface area contributed by atoms with E-state index in [-0.39, 0.29) is 30.9 Å². The van der Waals surface area contributed by atoms with E-state index in [0.717, 1.165) is 5.56 Å². The lowest BCUT2D eigenvalue weighted by Crippen LogP contribution is -2.30. The van der Waals surface area contributed by atoms with Crippen molar-refractivity contribution in [3.8, 4) is 5.75 Å². The van der Waals surface area contributed by atoms with Crippen molar-refractivity contribution in [1.29, 1.82) is 0 Å². The minimum absolute atomic E-state index is 0. The highest BCUT2D eigenvalue weighted by Crippen LogP contribution is 2.21. The van der Waals surface area contributed by atoms with E-state index in [2.05, 4.69) is 4.98 Å². The fourth-order valence-corrected chi connectivity index (χ4v) is 2.29. The van der Waals surface area contributed by atoms with Gasteiger partial charge in [-0.1, -0.05) is 30.3 Å². The molecule has 1 heterocycles. The third-order valence-electron chi connectivity index (χ3n) is 3.38. The molecule has 0 saturated carbocycles. The second-order valence-electron chi connectivity index (χ2n) is 5.25. The SMILES string of the molecule is CCOC(=O)c1c(OC[C@H](N)Cc2ccccc2)ccnc1C.Cl.Cl. The van der Waals surface area contributed by atoms with Crippen LogP contribution in [0.5, 0.6) is 5.75 Å². The smallest absolute Gasteiger partial charge is 0.343 e. The molecule has 1 aromatic carbocycles. The van der Waals surface area contributed by atoms with E-state index in [4.69, 9.17) is 15.2 Å². The molecule has 0 saturated heterocycles. The molecule has 0 unspecified atom stereocenters. The summed E-state index contributed by atoms with van der Waals surface area (Å²) in [6.07, 6.45) is 2.32. The van der Waals surface area contributed by atoms with Gasteiger partial charge in [0.25, 0.3) is 0 Å². The van der Waals surface area contributed by atoms with Crippen molar-refractivity contribution >= 4 is 30.8 Å². The molecule has 138 valence electrons. The van der Waals surface area contributed by atoms with Gasteiger partial charge in [0.2, 0.25) is 0 Å². The number of nitrogens with two attached hydrogens (primary N) is 1. The number of carbonyl (C=O) groups is 1. The number of rotatable bonds is 7. The van der Waals surface area contributed by atoms with Gasteiger partial charge < -0.3 is 15.2 Å². The van der Waals surface area contributed by atoms with E-state index in [1.165, 1.54) is 0 Å². The predicted octanol–water partition coefficient (Wildman–Crippen LogP) is 3.36. The van der Waals surface area contributed by atoms with Crippen molar-refractivity contribution in [1.82, 2.24) is 4.98 Å². The third kappa shape index (κ3) is 6.90. The summed E-state index contributed by atoms with van der Waals surface area (Å²) in [5.41, 5.74) is 8.22. The molecule has 0 aliphatic heterocycles. The van der Waals surface area contributed by atoms with Gasteiger partial charge in [-0.2, -0.15) is 0 Å². The zero-order valence-corrected chi connectivity index (χ0v) is 15.9. The molecule has 5 nitrogen and oxygen atoms in total. The van der Waals surface area contributed by atoms with E-state index in [1.54, 1.807) is 26.1 Å². The Balaban J connectivity index is 0.00000288. The van der Waals surface area contributed by atoms with Crippen molar-refractivity contribution in [3.05, 3.63) is 59.4 Å². The minimum atomic E-state index is -0.426.